The fourth-order valence-corrected chi connectivity index (χ4v) is 3.46. The first-order valence-electron chi connectivity index (χ1n) is 5.38. The minimum atomic E-state index is -3.67. The molecule has 0 aliphatic carbocycles. The van der Waals surface area contributed by atoms with Gasteiger partial charge in [-0.05, 0) is 15.9 Å². The van der Waals surface area contributed by atoms with Gasteiger partial charge in [-0.25, -0.2) is 18.1 Å². The molecule has 0 bridgehead atoms. The summed E-state index contributed by atoms with van der Waals surface area (Å²) in [5.74, 6) is 1.01. The number of hydrogen-bond acceptors (Lipinski definition) is 5. The number of imidazole rings is 1. The molecule has 0 spiro atoms. The molecule has 7 nitrogen and oxygen atoms in total. The number of aryl methyl sites for hydroxylation is 1. The van der Waals surface area contributed by atoms with E-state index in [1.807, 2.05) is 0 Å². The van der Waals surface area contributed by atoms with Gasteiger partial charge in [0.15, 0.2) is 4.67 Å². The van der Waals surface area contributed by atoms with Gasteiger partial charge in [0.25, 0.3) is 0 Å². The van der Waals surface area contributed by atoms with Crippen LogP contribution in [-0.4, -0.2) is 18.0 Å². The van der Waals surface area contributed by atoms with Crippen molar-refractivity contribution in [3.05, 3.63) is 34.7 Å². The molecule has 0 fully saturated rings. The molecule has 0 atom stereocenters. The molecule has 9 heteroatoms. The van der Waals surface area contributed by atoms with Gasteiger partial charge in [-0.2, -0.15) is 0 Å². The standard InChI is InChI=1S/C10H13BrN4O3S/c1-15-3-2-13-9(15)6-14-19(16,17)8-4-7(5-12)18-10(8)11/h2-4,14H,5-6,12H2,1H3. The zero-order valence-electron chi connectivity index (χ0n) is 10.1. The fourth-order valence-electron chi connectivity index (χ4n) is 1.49. The summed E-state index contributed by atoms with van der Waals surface area (Å²) in [6.07, 6.45) is 3.34. The van der Waals surface area contributed by atoms with Gasteiger partial charge in [0.2, 0.25) is 10.0 Å². The molecular formula is C10H13BrN4O3S. The van der Waals surface area contributed by atoms with E-state index in [2.05, 4.69) is 25.6 Å². The molecule has 3 N–H and O–H groups in total. The molecule has 0 aromatic carbocycles. The zero-order valence-corrected chi connectivity index (χ0v) is 12.5. The van der Waals surface area contributed by atoms with Crippen LogP contribution in [0.4, 0.5) is 0 Å². The van der Waals surface area contributed by atoms with Crippen molar-refractivity contribution in [3.8, 4) is 0 Å². The zero-order chi connectivity index (χ0) is 14.0. The highest BCUT2D eigenvalue weighted by Gasteiger charge is 2.22. The first-order valence-corrected chi connectivity index (χ1v) is 7.66. The number of furan rings is 1. The SMILES string of the molecule is Cn1ccnc1CNS(=O)(=O)c1cc(CN)oc1Br. The summed E-state index contributed by atoms with van der Waals surface area (Å²) in [5, 5.41) is 0. The molecule has 0 radical (unpaired) electrons. The molecule has 0 saturated carbocycles. The molecule has 2 heterocycles. The third kappa shape index (κ3) is 3.06. The minimum Gasteiger partial charge on any atom is -0.452 e. The van der Waals surface area contributed by atoms with Crippen molar-refractivity contribution in [3.63, 3.8) is 0 Å². The highest BCUT2D eigenvalue weighted by Crippen LogP contribution is 2.25. The Morgan fingerprint density at radius 1 is 1.58 bits per heavy atom. The summed E-state index contributed by atoms with van der Waals surface area (Å²) in [6, 6.07) is 1.39. The van der Waals surface area contributed by atoms with Crippen molar-refractivity contribution in [1.82, 2.24) is 14.3 Å². The fraction of sp³-hybridized carbons (Fsp3) is 0.300. The predicted molar refractivity (Wildman–Crippen MR) is 71.5 cm³/mol. The van der Waals surface area contributed by atoms with E-state index < -0.39 is 10.0 Å². The van der Waals surface area contributed by atoms with Crippen LogP contribution in [0.1, 0.15) is 11.6 Å². The number of sulfonamides is 1. The van der Waals surface area contributed by atoms with Crippen LogP contribution in [0.25, 0.3) is 0 Å². The van der Waals surface area contributed by atoms with Crippen LogP contribution in [0, 0.1) is 0 Å². The lowest BCUT2D eigenvalue weighted by atomic mass is 10.5. The van der Waals surface area contributed by atoms with Crippen molar-refractivity contribution in [2.75, 3.05) is 0 Å². The van der Waals surface area contributed by atoms with Gasteiger partial charge >= 0.3 is 0 Å². The second-order valence-corrected chi connectivity index (χ2v) is 6.29. The summed E-state index contributed by atoms with van der Waals surface area (Å²) in [7, 11) is -1.88. The number of hydrogen-bond donors (Lipinski definition) is 2. The van der Waals surface area contributed by atoms with E-state index in [-0.39, 0.29) is 22.7 Å². The lowest BCUT2D eigenvalue weighted by Crippen LogP contribution is -2.24. The van der Waals surface area contributed by atoms with Crippen LogP contribution in [0.3, 0.4) is 0 Å². The summed E-state index contributed by atoms with van der Waals surface area (Å²) >= 11 is 3.06. The number of aromatic nitrogens is 2. The quantitative estimate of drug-likeness (QED) is 0.828. The minimum absolute atomic E-state index is 0.0298. The summed E-state index contributed by atoms with van der Waals surface area (Å²) in [5.41, 5.74) is 5.40. The third-order valence-electron chi connectivity index (χ3n) is 2.54. The maximum Gasteiger partial charge on any atom is 0.245 e. The van der Waals surface area contributed by atoms with Gasteiger partial charge in [-0.15, -0.1) is 0 Å². The largest absolute Gasteiger partial charge is 0.452 e. The van der Waals surface area contributed by atoms with Gasteiger partial charge in [0, 0.05) is 25.5 Å². The molecule has 0 aliphatic rings. The highest BCUT2D eigenvalue weighted by atomic mass is 79.9. The van der Waals surface area contributed by atoms with Gasteiger partial charge in [0.1, 0.15) is 16.5 Å². The van der Waals surface area contributed by atoms with Crippen LogP contribution >= 0.6 is 15.9 Å². The second-order valence-electron chi connectivity index (χ2n) is 3.83. The van der Waals surface area contributed by atoms with Gasteiger partial charge in [-0.1, -0.05) is 0 Å². The molecular weight excluding hydrogens is 336 g/mol. The van der Waals surface area contributed by atoms with Crippen molar-refractivity contribution in [2.45, 2.75) is 18.0 Å². The van der Waals surface area contributed by atoms with Crippen LogP contribution < -0.4 is 10.5 Å². The average Bonchev–Trinajstić information content (AvgIpc) is 2.93. The van der Waals surface area contributed by atoms with Crippen molar-refractivity contribution in [1.29, 1.82) is 0 Å². The lowest BCUT2D eigenvalue weighted by molar-refractivity contribution is 0.483. The molecule has 2 aromatic rings. The molecule has 19 heavy (non-hydrogen) atoms. The number of rotatable bonds is 5. The van der Waals surface area contributed by atoms with Gasteiger partial charge in [0.05, 0.1) is 13.1 Å². The summed E-state index contributed by atoms with van der Waals surface area (Å²) < 4.78 is 33.7. The molecule has 0 amide bonds. The Kier molecular flexibility index (Phi) is 4.09. The Morgan fingerprint density at radius 3 is 2.84 bits per heavy atom. The van der Waals surface area contributed by atoms with Crippen LogP contribution in [0.15, 0.2) is 32.4 Å². The van der Waals surface area contributed by atoms with E-state index in [4.69, 9.17) is 10.2 Å². The summed E-state index contributed by atoms with van der Waals surface area (Å²) in [6.45, 7) is 0.231. The van der Waals surface area contributed by atoms with E-state index in [0.717, 1.165) is 0 Å². The topological polar surface area (TPSA) is 103 Å². The maximum absolute atomic E-state index is 12.1. The van der Waals surface area contributed by atoms with Crippen molar-refractivity contribution in [2.24, 2.45) is 12.8 Å². The summed E-state index contributed by atoms with van der Waals surface area (Å²) in [4.78, 5) is 4.07. The van der Waals surface area contributed by atoms with E-state index in [1.165, 1.54) is 6.07 Å². The van der Waals surface area contributed by atoms with Gasteiger partial charge in [-0.3, -0.25) is 0 Å². The predicted octanol–water partition coefficient (Wildman–Crippen LogP) is 0.713. The van der Waals surface area contributed by atoms with Crippen molar-refractivity contribution >= 4 is 26.0 Å². The molecule has 0 saturated heterocycles. The normalized spacial score (nSPS) is 11.9. The Bertz CT molecular complexity index is 677. The smallest absolute Gasteiger partial charge is 0.245 e. The highest BCUT2D eigenvalue weighted by molar-refractivity contribution is 9.10. The van der Waals surface area contributed by atoms with Crippen LogP contribution in [0.5, 0.6) is 0 Å². The Hall–Kier alpha value is -1.16. The molecule has 0 aliphatic heterocycles. The molecule has 2 rings (SSSR count). The Balaban J connectivity index is 2.18. The monoisotopic (exact) mass is 348 g/mol. The van der Waals surface area contributed by atoms with Crippen molar-refractivity contribution < 1.29 is 12.8 Å². The van der Waals surface area contributed by atoms with E-state index in [9.17, 15) is 8.42 Å². The van der Waals surface area contributed by atoms with E-state index >= 15 is 0 Å². The van der Waals surface area contributed by atoms with Crippen LogP contribution in [-0.2, 0) is 30.2 Å². The lowest BCUT2D eigenvalue weighted by Gasteiger charge is -2.05. The Morgan fingerprint density at radius 2 is 2.32 bits per heavy atom. The van der Waals surface area contributed by atoms with E-state index in [0.29, 0.717) is 11.6 Å². The van der Waals surface area contributed by atoms with E-state index in [1.54, 1.807) is 24.0 Å². The molecule has 104 valence electrons. The molecule has 2 aromatic heterocycles. The first-order chi connectivity index (χ1) is 8.94. The van der Waals surface area contributed by atoms with Gasteiger partial charge < -0.3 is 14.7 Å². The third-order valence-corrected chi connectivity index (χ3v) is 4.80. The number of halogens is 1. The molecule has 0 unspecified atom stereocenters. The average molecular weight is 349 g/mol. The number of nitrogens with one attached hydrogen (secondary N) is 1. The number of nitrogens with zero attached hydrogens (tertiary/aromatic N) is 2. The first kappa shape index (κ1) is 14.3. The maximum atomic E-state index is 12.1. The second kappa shape index (κ2) is 5.45. The Labute approximate surface area is 119 Å². The van der Waals surface area contributed by atoms with Crippen LogP contribution in [0.2, 0.25) is 0 Å². The number of nitrogens with two attached hydrogens (primary N) is 1.